The molecule has 0 aromatic heterocycles. The predicted octanol–water partition coefficient (Wildman–Crippen LogP) is 2.97. The number of halogens is 1. The van der Waals surface area contributed by atoms with Crippen molar-refractivity contribution in [2.45, 2.75) is 50.4 Å². The van der Waals surface area contributed by atoms with Gasteiger partial charge < -0.3 is 14.5 Å². The van der Waals surface area contributed by atoms with Gasteiger partial charge in [0.2, 0.25) is 0 Å². The van der Waals surface area contributed by atoms with Crippen molar-refractivity contribution in [1.82, 2.24) is 4.90 Å². The van der Waals surface area contributed by atoms with Crippen molar-refractivity contribution in [2.24, 2.45) is 5.16 Å². The zero-order valence-corrected chi connectivity index (χ0v) is 11.9. The molecule has 0 aliphatic heterocycles. The summed E-state index contributed by atoms with van der Waals surface area (Å²) in [6.45, 7) is 1.67. The fourth-order valence-corrected chi connectivity index (χ4v) is 2.13. The molecule has 104 valence electrons. The molecule has 0 aromatic rings. The number of alkyl halides is 1. The normalized spacial score (nSPS) is 19.2. The molecule has 0 saturated heterocycles. The van der Waals surface area contributed by atoms with E-state index < -0.39 is 11.5 Å². The van der Waals surface area contributed by atoms with E-state index in [2.05, 4.69) is 9.99 Å². The number of rotatable bonds is 3. The average molecular weight is 277 g/mol. The van der Waals surface area contributed by atoms with Gasteiger partial charge in [0.1, 0.15) is 12.5 Å². The maximum absolute atomic E-state index is 11.9. The van der Waals surface area contributed by atoms with Crippen molar-refractivity contribution >= 4 is 23.6 Å². The van der Waals surface area contributed by atoms with Gasteiger partial charge in [-0.25, -0.2) is 4.79 Å². The van der Waals surface area contributed by atoms with Crippen LogP contribution in [0.2, 0.25) is 0 Å². The van der Waals surface area contributed by atoms with E-state index in [0.29, 0.717) is 0 Å². The number of hydrogen-bond acceptors (Lipinski definition) is 4. The Bertz CT molecular complexity index is 302. The Balaban J connectivity index is 2.54. The summed E-state index contributed by atoms with van der Waals surface area (Å²) in [7, 11) is 3.14. The number of carbonyl (C=O) groups excluding carboxylic acids is 1. The van der Waals surface area contributed by atoms with Crippen molar-refractivity contribution in [1.29, 1.82) is 0 Å². The lowest BCUT2D eigenvalue weighted by Crippen LogP contribution is -2.40. The molecular weight excluding hydrogens is 256 g/mol. The van der Waals surface area contributed by atoms with Crippen LogP contribution in [0, 0.1) is 0 Å². The van der Waals surface area contributed by atoms with E-state index in [1.165, 1.54) is 13.5 Å². The van der Waals surface area contributed by atoms with Gasteiger partial charge in [0.25, 0.3) is 5.90 Å². The van der Waals surface area contributed by atoms with Crippen molar-refractivity contribution in [2.75, 3.05) is 14.2 Å². The largest absolute Gasteiger partial charge is 0.416 e. The Kier molecular flexibility index (Phi) is 6.25. The zero-order valence-electron chi connectivity index (χ0n) is 11.2. The number of amides is 1. The van der Waals surface area contributed by atoms with Gasteiger partial charge in [-0.3, -0.25) is 0 Å². The molecule has 1 unspecified atom stereocenters. The minimum absolute atomic E-state index is 0.0897. The van der Waals surface area contributed by atoms with E-state index >= 15 is 0 Å². The Morgan fingerprint density at radius 3 is 2.50 bits per heavy atom. The molecule has 5 nitrogen and oxygen atoms in total. The van der Waals surface area contributed by atoms with Gasteiger partial charge >= 0.3 is 6.09 Å². The van der Waals surface area contributed by atoms with E-state index in [-0.39, 0.29) is 11.9 Å². The molecule has 1 atom stereocenters. The van der Waals surface area contributed by atoms with Crippen LogP contribution in [-0.4, -0.2) is 42.5 Å². The molecular formula is C12H21ClN2O3. The third-order valence-corrected chi connectivity index (χ3v) is 3.31. The Hall–Kier alpha value is -0.970. The number of nitrogens with zero attached hydrogens (tertiary/aromatic N) is 2. The standard InChI is InChI=1S/C12H21ClN2O3/c1-9(13)11(14-17-3)18-12(16)15(2)10-7-5-4-6-8-10/h9-10H,4-8H2,1-3H3. The lowest BCUT2D eigenvalue weighted by atomic mass is 9.95. The molecule has 0 radical (unpaired) electrons. The van der Waals surface area contributed by atoms with Crippen LogP contribution in [0.3, 0.4) is 0 Å². The van der Waals surface area contributed by atoms with Gasteiger partial charge in [-0.1, -0.05) is 24.4 Å². The van der Waals surface area contributed by atoms with Crippen molar-refractivity contribution < 1.29 is 14.4 Å². The smallest absolute Gasteiger partial charge is 0.396 e. The van der Waals surface area contributed by atoms with E-state index in [9.17, 15) is 4.79 Å². The summed E-state index contributed by atoms with van der Waals surface area (Å²) < 4.78 is 5.15. The fourth-order valence-electron chi connectivity index (χ4n) is 2.04. The van der Waals surface area contributed by atoms with Crippen LogP contribution >= 0.6 is 11.6 Å². The SMILES string of the molecule is CON=C(OC(=O)N(C)C1CCCCC1)C(C)Cl. The molecule has 0 heterocycles. The molecule has 1 fully saturated rings. The molecule has 1 amide bonds. The molecule has 0 N–H and O–H groups in total. The van der Waals surface area contributed by atoms with Gasteiger partial charge in [-0.15, -0.1) is 11.6 Å². The maximum atomic E-state index is 11.9. The highest BCUT2D eigenvalue weighted by atomic mass is 35.5. The minimum Gasteiger partial charge on any atom is -0.396 e. The summed E-state index contributed by atoms with van der Waals surface area (Å²) in [5, 5.41) is 3.10. The first-order valence-electron chi connectivity index (χ1n) is 6.26. The quantitative estimate of drug-likeness (QED) is 0.345. The summed E-state index contributed by atoms with van der Waals surface area (Å²) in [5.74, 6) is 0.0897. The first kappa shape index (κ1) is 15.1. The first-order valence-corrected chi connectivity index (χ1v) is 6.69. The van der Waals surface area contributed by atoms with Gasteiger partial charge in [-0.2, -0.15) is 0 Å². The number of hydrogen-bond donors (Lipinski definition) is 0. The summed E-state index contributed by atoms with van der Waals surface area (Å²) in [6.07, 6.45) is 5.19. The second kappa shape index (κ2) is 7.46. The molecule has 0 aromatic carbocycles. The van der Waals surface area contributed by atoms with E-state index in [1.54, 1.807) is 18.9 Å². The molecule has 18 heavy (non-hydrogen) atoms. The molecule has 6 heteroatoms. The van der Waals surface area contributed by atoms with Crippen LogP contribution in [0.15, 0.2) is 5.16 Å². The van der Waals surface area contributed by atoms with Crippen molar-refractivity contribution in [3.05, 3.63) is 0 Å². The van der Waals surface area contributed by atoms with Gasteiger partial charge in [0.05, 0.1) is 0 Å². The highest BCUT2D eigenvalue weighted by Crippen LogP contribution is 2.22. The Morgan fingerprint density at radius 1 is 1.39 bits per heavy atom. The van der Waals surface area contributed by atoms with E-state index in [1.807, 2.05) is 0 Å². The van der Waals surface area contributed by atoms with Gasteiger partial charge in [0, 0.05) is 13.1 Å². The van der Waals surface area contributed by atoms with Crippen LogP contribution in [0.25, 0.3) is 0 Å². The molecule has 0 spiro atoms. The molecule has 1 rings (SSSR count). The summed E-state index contributed by atoms with van der Waals surface area (Å²) in [6, 6.07) is 0.251. The molecule has 1 saturated carbocycles. The van der Waals surface area contributed by atoms with Crippen molar-refractivity contribution in [3.63, 3.8) is 0 Å². The van der Waals surface area contributed by atoms with Gasteiger partial charge in [0.15, 0.2) is 0 Å². The second-order valence-corrected chi connectivity index (χ2v) is 5.15. The minimum atomic E-state index is -0.506. The Morgan fingerprint density at radius 2 is 2.00 bits per heavy atom. The van der Waals surface area contributed by atoms with Crippen LogP contribution in [0.5, 0.6) is 0 Å². The third kappa shape index (κ3) is 4.37. The van der Waals surface area contributed by atoms with E-state index in [4.69, 9.17) is 16.3 Å². The summed E-state index contributed by atoms with van der Waals surface area (Å²) in [4.78, 5) is 18.2. The van der Waals surface area contributed by atoms with Crippen LogP contribution < -0.4 is 0 Å². The van der Waals surface area contributed by atoms with E-state index in [0.717, 1.165) is 25.7 Å². The number of ether oxygens (including phenoxy) is 1. The maximum Gasteiger partial charge on any atom is 0.416 e. The lowest BCUT2D eigenvalue weighted by molar-refractivity contribution is 0.123. The molecule has 0 bridgehead atoms. The van der Waals surface area contributed by atoms with Crippen LogP contribution in [-0.2, 0) is 9.57 Å². The predicted molar refractivity (Wildman–Crippen MR) is 70.9 cm³/mol. The summed E-state index contributed by atoms with van der Waals surface area (Å²) >= 11 is 5.85. The zero-order chi connectivity index (χ0) is 13.5. The molecule has 1 aliphatic rings. The highest BCUT2D eigenvalue weighted by Gasteiger charge is 2.25. The van der Waals surface area contributed by atoms with Crippen LogP contribution in [0.1, 0.15) is 39.0 Å². The van der Waals surface area contributed by atoms with Crippen molar-refractivity contribution in [3.8, 4) is 0 Å². The average Bonchev–Trinajstić information content (AvgIpc) is 2.38. The van der Waals surface area contributed by atoms with Crippen LogP contribution in [0.4, 0.5) is 4.79 Å². The number of carbonyl (C=O) groups is 1. The highest BCUT2D eigenvalue weighted by molar-refractivity contribution is 6.31. The second-order valence-electron chi connectivity index (χ2n) is 4.50. The fraction of sp³-hybridized carbons (Fsp3) is 0.833. The topological polar surface area (TPSA) is 51.1 Å². The number of oxime groups is 1. The monoisotopic (exact) mass is 276 g/mol. The lowest BCUT2D eigenvalue weighted by Gasteiger charge is -2.30. The Labute approximate surface area is 113 Å². The first-order chi connectivity index (χ1) is 8.56. The third-order valence-electron chi connectivity index (χ3n) is 3.12. The summed E-state index contributed by atoms with van der Waals surface area (Å²) in [5.41, 5.74) is 0. The molecule has 1 aliphatic carbocycles. The van der Waals surface area contributed by atoms with Gasteiger partial charge in [-0.05, 0) is 19.8 Å².